The molecule has 0 unspecified atom stereocenters. The number of pyridine rings is 1. The molecule has 0 bridgehead atoms. The first kappa shape index (κ1) is 14.0. The lowest BCUT2D eigenvalue weighted by atomic mass is 10.1. The van der Waals surface area contributed by atoms with E-state index in [-0.39, 0.29) is 0 Å². The number of aliphatic hydroxyl groups excluding tert-OH is 3. The third-order valence-electron chi connectivity index (χ3n) is 3.33. The Morgan fingerprint density at radius 1 is 1.37 bits per heavy atom. The molecular formula is C12H17NO6. The van der Waals surface area contributed by atoms with Gasteiger partial charge in [0, 0.05) is 12.3 Å². The van der Waals surface area contributed by atoms with E-state index in [0.29, 0.717) is 12.1 Å². The van der Waals surface area contributed by atoms with Crippen molar-refractivity contribution in [3.05, 3.63) is 28.2 Å². The van der Waals surface area contributed by atoms with Crippen molar-refractivity contribution in [2.24, 2.45) is 0 Å². The van der Waals surface area contributed by atoms with Crippen LogP contribution in [0.4, 0.5) is 0 Å². The summed E-state index contributed by atoms with van der Waals surface area (Å²) in [6.45, 7) is 1.31. The van der Waals surface area contributed by atoms with E-state index in [4.69, 9.17) is 9.84 Å². The van der Waals surface area contributed by atoms with E-state index in [9.17, 15) is 20.1 Å². The second-order valence-corrected chi connectivity index (χ2v) is 4.46. The Kier molecular flexibility index (Phi) is 3.91. The summed E-state index contributed by atoms with van der Waals surface area (Å²) in [5.74, 6) is -0.400. The molecule has 0 aliphatic carbocycles. The lowest BCUT2D eigenvalue weighted by Crippen LogP contribution is -2.33. The third-order valence-corrected chi connectivity index (χ3v) is 3.33. The molecule has 106 valence electrons. The third kappa shape index (κ3) is 2.25. The first-order valence-corrected chi connectivity index (χ1v) is 6.06. The summed E-state index contributed by atoms with van der Waals surface area (Å²) in [4.78, 5) is 11.4. The fourth-order valence-corrected chi connectivity index (χ4v) is 2.28. The SMILES string of the molecule is CCc1c(O)c(=O)ccn1[C@H]1O[C@@H](CO)[C@@H](O)[C@H]1O. The average molecular weight is 271 g/mol. The van der Waals surface area contributed by atoms with Crippen LogP contribution in [0.15, 0.2) is 17.1 Å². The predicted molar refractivity (Wildman–Crippen MR) is 64.8 cm³/mol. The van der Waals surface area contributed by atoms with E-state index in [1.54, 1.807) is 6.92 Å². The molecule has 4 atom stereocenters. The van der Waals surface area contributed by atoms with Gasteiger partial charge in [0.05, 0.1) is 12.3 Å². The van der Waals surface area contributed by atoms with Crippen molar-refractivity contribution in [1.82, 2.24) is 4.57 Å². The molecule has 19 heavy (non-hydrogen) atoms. The number of aromatic nitrogens is 1. The van der Waals surface area contributed by atoms with Crippen LogP contribution in [0.1, 0.15) is 18.8 Å². The quantitative estimate of drug-likeness (QED) is 0.545. The summed E-state index contributed by atoms with van der Waals surface area (Å²) >= 11 is 0. The van der Waals surface area contributed by atoms with Gasteiger partial charge in [-0.15, -0.1) is 0 Å². The van der Waals surface area contributed by atoms with Gasteiger partial charge in [0.2, 0.25) is 5.43 Å². The van der Waals surface area contributed by atoms with Crippen molar-refractivity contribution in [2.45, 2.75) is 37.9 Å². The van der Waals surface area contributed by atoms with Crippen LogP contribution in [0.3, 0.4) is 0 Å². The molecule has 7 nitrogen and oxygen atoms in total. The molecule has 1 aromatic rings. The Morgan fingerprint density at radius 2 is 2.05 bits per heavy atom. The normalized spacial score (nSPS) is 30.7. The van der Waals surface area contributed by atoms with E-state index < -0.39 is 42.3 Å². The summed E-state index contributed by atoms with van der Waals surface area (Å²) in [5, 5.41) is 38.4. The van der Waals surface area contributed by atoms with Crippen molar-refractivity contribution in [2.75, 3.05) is 6.61 Å². The molecule has 2 heterocycles. The minimum absolute atomic E-state index is 0.308. The molecule has 1 saturated heterocycles. The molecule has 7 heteroatoms. The van der Waals surface area contributed by atoms with Gasteiger partial charge in [-0.2, -0.15) is 0 Å². The Morgan fingerprint density at radius 3 is 2.58 bits per heavy atom. The van der Waals surface area contributed by atoms with Crippen molar-refractivity contribution < 1.29 is 25.2 Å². The van der Waals surface area contributed by atoms with Gasteiger partial charge in [-0.25, -0.2) is 0 Å². The van der Waals surface area contributed by atoms with Crippen LogP contribution in [-0.4, -0.2) is 49.9 Å². The number of ether oxygens (including phenoxy) is 1. The molecule has 0 spiro atoms. The van der Waals surface area contributed by atoms with Crippen molar-refractivity contribution in [3.63, 3.8) is 0 Å². The van der Waals surface area contributed by atoms with Crippen molar-refractivity contribution in [1.29, 1.82) is 0 Å². The second kappa shape index (κ2) is 5.30. The number of hydrogen-bond acceptors (Lipinski definition) is 6. The summed E-state index contributed by atoms with van der Waals surface area (Å²) in [6.07, 6.45) is -2.57. The first-order chi connectivity index (χ1) is 9.01. The van der Waals surface area contributed by atoms with Gasteiger partial charge in [-0.05, 0) is 6.42 Å². The van der Waals surface area contributed by atoms with Crippen LogP contribution in [0.5, 0.6) is 5.75 Å². The monoisotopic (exact) mass is 271 g/mol. The van der Waals surface area contributed by atoms with Gasteiger partial charge in [0.15, 0.2) is 12.0 Å². The standard InChI is InChI=1S/C12H17NO6/c1-2-6-9(16)7(15)3-4-13(6)12-11(18)10(17)8(5-14)19-12/h3-4,8,10-12,14,16-18H,2,5H2,1H3/t8-,10+,11+,12-/m0/s1. The van der Waals surface area contributed by atoms with E-state index in [1.807, 2.05) is 0 Å². The van der Waals surface area contributed by atoms with Crippen molar-refractivity contribution in [3.8, 4) is 5.75 Å². The maximum Gasteiger partial charge on any atom is 0.223 e. The molecule has 0 amide bonds. The second-order valence-electron chi connectivity index (χ2n) is 4.46. The van der Waals surface area contributed by atoms with Crippen LogP contribution < -0.4 is 5.43 Å². The summed E-state index contributed by atoms with van der Waals surface area (Å²) in [7, 11) is 0. The average Bonchev–Trinajstić information content (AvgIpc) is 2.69. The van der Waals surface area contributed by atoms with Crippen molar-refractivity contribution >= 4 is 0 Å². The maximum atomic E-state index is 11.4. The summed E-state index contributed by atoms with van der Waals surface area (Å²) in [6, 6.07) is 1.16. The minimum Gasteiger partial charge on any atom is -0.503 e. The Labute approximate surface area is 109 Å². The molecule has 1 fully saturated rings. The van der Waals surface area contributed by atoms with E-state index in [0.717, 1.165) is 6.07 Å². The lowest BCUT2D eigenvalue weighted by molar-refractivity contribution is -0.0543. The van der Waals surface area contributed by atoms with Gasteiger partial charge < -0.3 is 29.7 Å². The zero-order valence-corrected chi connectivity index (χ0v) is 10.4. The number of rotatable bonds is 3. The largest absolute Gasteiger partial charge is 0.503 e. The fraction of sp³-hybridized carbons (Fsp3) is 0.583. The first-order valence-electron chi connectivity index (χ1n) is 6.06. The molecule has 1 aliphatic rings. The smallest absolute Gasteiger partial charge is 0.223 e. The summed E-state index contributed by atoms with van der Waals surface area (Å²) < 4.78 is 6.76. The highest BCUT2D eigenvalue weighted by atomic mass is 16.6. The minimum atomic E-state index is -1.25. The number of hydrogen-bond donors (Lipinski definition) is 4. The van der Waals surface area contributed by atoms with Crippen LogP contribution in [0.25, 0.3) is 0 Å². The Hall–Kier alpha value is -1.41. The predicted octanol–water partition coefficient (Wildman–Crippen LogP) is -1.27. The Balaban J connectivity index is 2.43. The number of aromatic hydroxyl groups is 1. The molecule has 0 saturated carbocycles. The summed E-state index contributed by atoms with van der Waals surface area (Å²) in [5.41, 5.74) is -0.206. The van der Waals surface area contributed by atoms with Gasteiger partial charge in [0.25, 0.3) is 0 Å². The molecule has 1 aromatic heterocycles. The topological polar surface area (TPSA) is 112 Å². The maximum absolute atomic E-state index is 11.4. The van der Waals surface area contributed by atoms with Gasteiger partial charge in [-0.3, -0.25) is 4.79 Å². The van der Waals surface area contributed by atoms with Crippen LogP contribution in [0, 0.1) is 0 Å². The van der Waals surface area contributed by atoms with E-state index >= 15 is 0 Å². The van der Waals surface area contributed by atoms with Crippen LogP contribution in [0.2, 0.25) is 0 Å². The molecular weight excluding hydrogens is 254 g/mol. The molecule has 0 aromatic carbocycles. The molecule has 1 aliphatic heterocycles. The van der Waals surface area contributed by atoms with Gasteiger partial charge >= 0.3 is 0 Å². The fourth-order valence-electron chi connectivity index (χ4n) is 2.28. The lowest BCUT2D eigenvalue weighted by Gasteiger charge is -2.22. The van der Waals surface area contributed by atoms with Crippen LogP contribution in [-0.2, 0) is 11.2 Å². The van der Waals surface area contributed by atoms with E-state index in [2.05, 4.69) is 0 Å². The molecule has 2 rings (SSSR count). The zero-order chi connectivity index (χ0) is 14.2. The van der Waals surface area contributed by atoms with E-state index in [1.165, 1.54) is 10.8 Å². The highest BCUT2D eigenvalue weighted by molar-refractivity contribution is 5.27. The van der Waals surface area contributed by atoms with Crippen LogP contribution >= 0.6 is 0 Å². The van der Waals surface area contributed by atoms with Gasteiger partial charge in [0.1, 0.15) is 18.3 Å². The molecule has 0 radical (unpaired) electrons. The highest BCUT2D eigenvalue weighted by Crippen LogP contribution is 2.31. The number of aliphatic hydroxyl groups is 3. The zero-order valence-electron chi connectivity index (χ0n) is 10.4. The molecule has 4 N–H and O–H groups in total. The van der Waals surface area contributed by atoms with Gasteiger partial charge in [-0.1, -0.05) is 6.92 Å². The highest BCUT2D eigenvalue weighted by Gasteiger charge is 2.43. The number of nitrogens with zero attached hydrogens (tertiary/aromatic N) is 1. The Bertz CT molecular complexity index is 513.